The number of allylic oxidation sites excluding steroid dienone is 3. The Hall–Kier alpha value is -16.6. The lowest BCUT2D eigenvalue weighted by Crippen LogP contribution is -2.10. The Balaban J connectivity index is 0.000000167. The average Bonchev–Trinajstić information content (AvgIpc) is 1.60. The number of nitriles is 3. The minimum Gasteiger partial charge on any atom is -0.512 e. The number of fused-ring (bicyclic) bond motifs is 5. The highest BCUT2D eigenvalue weighted by Gasteiger charge is 2.25. The lowest BCUT2D eigenvalue weighted by molar-refractivity contribution is -0.383. The predicted octanol–water partition coefficient (Wildman–Crippen LogP) is 18.5. The first-order valence-corrected chi connectivity index (χ1v) is 40.8. The van der Waals surface area contributed by atoms with Crippen LogP contribution in [-0.2, 0) is 32.5 Å². The van der Waals surface area contributed by atoms with Gasteiger partial charge in [0.2, 0.25) is 0 Å². The van der Waals surface area contributed by atoms with Crippen LogP contribution < -0.4 is 27.8 Å². The second-order valence-corrected chi connectivity index (χ2v) is 28.0. The van der Waals surface area contributed by atoms with E-state index in [0.717, 1.165) is 111 Å². The summed E-state index contributed by atoms with van der Waals surface area (Å²) in [6, 6.07) is 44.8. The lowest BCUT2D eigenvalue weighted by Gasteiger charge is -2.16. The van der Waals surface area contributed by atoms with Crippen molar-refractivity contribution in [3.05, 3.63) is 310 Å². The number of imidazole rings is 9. The van der Waals surface area contributed by atoms with Crippen LogP contribution in [0.5, 0.6) is 0 Å². The zero-order valence-electron chi connectivity index (χ0n) is 71.4. The Labute approximate surface area is 737 Å². The number of hydrogen-bond acceptors (Lipinski definition) is 24. The Morgan fingerprint density at radius 2 is 0.843 bits per heavy atom. The largest absolute Gasteiger partial charge is 0.512 e. The molecule has 9 aromatic heterocycles. The predicted molar refractivity (Wildman–Crippen MR) is 494 cm³/mol. The number of nitrogen functional groups attached to an aromatic ring is 3. The first-order chi connectivity index (χ1) is 61.6. The van der Waals surface area contributed by atoms with E-state index >= 15 is 0 Å². The van der Waals surface area contributed by atoms with Crippen molar-refractivity contribution >= 4 is 95.8 Å². The zero-order valence-corrected chi connectivity index (χ0v) is 72.2. The number of nitro benzene ring substituents is 3. The van der Waals surface area contributed by atoms with Crippen molar-refractivity contribution in [1.82, 2.24) is 86.0 Å². The fourth-order valence-electron chi connectivity index (χ4n) is 13.2. The number of aryl methyl sites for hydroxylation is 5. The van der Waals surface area contributed by atoms with Crippen LogP contribution in [0, 0.1) is 64.3 Å². The third kappa shape index (κ3) is 24.0. The van der Waals surface area contributed by atoms with E-state index in [-0.39, 0.29) is 39.9 Å². The number of nitrogens with zero attached hydrogens (tertiary/aromatic N) is 24. The summed E-state index contributed by atoms with van der Waals surface area (Å²) in [6.07, 6.45) is 35.9. The van der Waals surface area contributed by atoms with E-state index in [9.17, 15) is 35.4 Å². The summed E-state index contributed by atoms with van der Waals surface area (Å²) in [5.74, 6) is 3.47. The molecule has 0 amide bonds. The molecule has 37 heteroatoms. The molecule has 652 valence electrons. The molecule has 17 rings (SSSR count). The average molecular weight is 1730 g/mol. The summed E-state index contributed by atoms with van der Waals surface area (Å²) in [6.45, 7) is 23.3. The molecule has 0 saturated heterocycles. The molecular formula is C90H98ClN29O7. The summed E-state index contributed by atoms with van der Waals surface area (Å²) in [4.78, 5) is 69.1. The summed E-state index contributed by atoms with van der Waals surface area (Å²) < 4.78 is 17.6. The van der Waals surface area contributed by atoms with E-state index in [1.54, 1.807) is 114 Å². The molecule has 10 heterocycles. The second kappa shape index (κ2) is 47.0. The molecule has 16 aromatic rings. The first kappa shape index (κ1) is 94.3. The zero-order chi connectivity index (χ0) is 91.5. The van der Waals surface area contributed by atoms with Gasteiger partial charge in [-0.15, -0.1) is 6.58 Å². The Kier molecular flexibility index (Phi) is 34.9. The van der Waals surface area contributed by atoms with Crippen molar-refractivity contribution < 1.29 is 19.9 Å². The molecule has 0 fully saturated rings. The monoisotopic (exact) mass is 1730 g/mol. The van der Waals surface area contributed by atoms with Crippen LogP contribution >= 0.6 is 11.6 Å². The van der Waals surface area contributed by atoms with E-state index in [4.69, 9.17) is 59.5 Å². The van der Waals surface area contributed by atoms with E-state index < -0.39 is 14.8 Å². The van der Waals surface area contributed by atoms with E-state index in [0.29, 0.717) is 67.4 Å². The van der Waals surface area contributed by atoms with E-state index in [2.05, 4.69) is 124 Å². The third-order valence-electron chi connectivity index (χ3n) is 18.8. The van der Waals surface area contributed by atoms with Gasteiger partial charge in [-0.1, -0.05) is 94.3 Å². The second-order valence-electron chi connectivity index (χ2n) is 27.6. The minimum atomic E-state index is -0.600. The van der Waals surface area contributed by atoms with Gasteiger partial charge in [-0.25, -0.2) is 44.9 Å². The van der Waals surface area contributed by atoms with Crippen LogP contribution in [0.25, 0.3) is 72.8 Å². The highest BCUT2D eigenvalue weighted by molar-refractivity contribution is 6.33. The standard InChI is InChI=1S/C15H15N5.C15H14N4O.C15H18N4.C12H11N5O2.C12H13N5.C9H8N4O2.C6H5ClN2O2.C4H8.C2H6/c1-2-14-18-15-12(19-10-8-17-11-19)5-3-6-13(15)20(14)9-4-7-16;1-10-13(20)5-7-19-12-4-2-3-11(14(12)17-15(10)19)18-8-6-16-9-18;1-3-9-19-13-7-5-6-12(18-10-8-16-11-18)15(13)17-14(19)4-2;13-5-2-6-15-10-3-1-4-11(12(10)17(18)19)16-8-7-14-9-16;13-5-2-6-16-10-3-1-4-11(12(10)14)17-8-7-15-9-17;10-7-2-1-3-8(9(7)13(14)15)12-5-4-11-6-12;7-4-2-1-3-5(8)6(4)9(10)11;1-4(2)3;1-2/h3,5-6,8,10-11H,2,4,9H2,1H3;2-4,6,8-9,20H,5,7H2,1H3;5-8,10-11H,3-4,9H2,1-2H3;1,3-4,7-9,15H,2,6H2;1,3-4,7-9,16H,2,6,14H2;1-6H,10H2;1-3H,8H2;1H2,2-3H3;1-2H3. The molecule has 1 aliphatic heterocycles. The lowest BCUT2D eigenvalue weighted by atomic mass is 10.1. The number of halogens is 1. The van der Waals surface area contributed by atoms with Crippen LogP contribution in [0.15, 0.2) is 258 Å². The van der Waals surface area contributed by atoms with Gasteiger partial charge >= 0.3 is 17.1 Å². The number of nitro groups is 3. The van der Waals surface area contributed by atoms with Gasteiger partial charge in [0.1, 0.15) is 73.2 Å². The number of aliphatic hydroxyl groups is 1. The number of aromatic nitrogens is 18. The molecule has 7 aromatic carbocycles. The number of nitrogens with two attached hydrogens (primary N) is 3. The number of anilines is 5. The van der Waals surface area contributed by atoms with Crippen LogP contribution in [0.1, 0.15) is 105 Å². The van der Waals surface area contributed by atoms with Crippen molar-refractivity contribution in [3.8, 4) is 52.3 Å². The normalized spacial score (nSPS) is 10.8. The van der Waals surface area contributed by atoms with Crippen LogP contribution in [0.4, 0.5) is 45.5 Å². The maximum atomic E-state index is 11.2. The van der Waals surface area contributed by atoms with Gasteiger partial charge in [-0.2, -0.15) is 15.8 Å². The first-order valence-electron chi connectivity index (χ1n) is 40.4. The maximum absolute atomic E-state index is 11.2. The molecule has 127 heavy (non-hydrogen) atoms. The number of nitrogens with one attached hydrogen (secondary N) is 2. The molecule has 0 radical (unpaired) electrons. The quantitative estimate of drug-likeness (QED) is 0.0128. The van der Waals surface area contributed by atoms with Crippen molar-refractivity contribution in [2.24, 2.45) is 0 Å². The summed E-state index contributed by atoms with van der Waals surface area (Å²) >= 11 is 5.50. The fourth-order valence-corrected chi connectivity index (χ4v) is 13.4. The Morgan fingerprint density at radius 1 is 0.488 bits per heavy atom. The number of hydrogen-bond donors (Lipinski definition) is 6. The van der Waals surface area contributed by atoms with Crippen LogP contribution in [0.2, 0.25) is 5.02 Å². The Morgan fingerprint density at radius 3 is 1.24 bits per heavy atom. The van der Waals surface area contributed by atoms with Crippen molar-refractivity contribution in [3.63, 3.8) is 0 Å². The third-order valence-corrected chi connectivity index (χ3v) is 19.1. The molecule has 0 atom stereocenters. The molecule has 36 nitrogen and oxygen atoms in total. The van der Waals surface area contributed by atoms with Crippen LogP contribution in [-0.4, -0.2) is 119 Å². The number of benzene rings is 7. The molecule has 0 spiro atoms. The van der Waals surface area contributed by atoms with Gasteiger partial charge in [0.15, 0.2) is 0 Å². The number of para-hydroxylation sites is 7. The number of aliphatic hydroxyl groups excluding tert-OH is 1. The highest BCUT2D eigenvalue weighted by atomic mass is 35.5. The summed E-state index contributed by atoms with van der Waals surface area (Å²) in [5.41, 5.74) is 31.9. The minimum absolute atomic E-state index is 0.0292. The van der Waals surface area contributed by atoms with Gasteiger partial charge in [0.05, 0.1) is 141 Å². The molecule has 0 bridgehead atoms. The number of rotatable bonds is 21. The molecule has 1 aliphatic rings. The van der Waals surface area contributed by atoms with Gasteiger partial charge in [-0.3, -0.25) is 30.3 Å². The highest BCUT2D eigenvalue weighted by Crippen LogP contribution is 2.36. The smallest absolute Gasteiger partial charge is 0.316 e. The topological polar surface area (TPSA) is 484 Å². The van der Waals surface area contributed by atoms with Crippen molar-refractivity contribution in [2.45, 2.75) is 120 Å². The Bertz CT molecular complexity index is 6430. The molecule has 0 saturated carbocycles. The molecule has 0 aliphatic carbocycles. The fraction of sp³-hybridized carbons (Fsp3) is 0.222. The van der Waals surface area contributed by atoms with Crippen LogP contribution in [0.3, 0.4) is 0 Å². The molecule has 0 unspecified atom stereocenters. The molecule has 9 N–H and O–H groups in total. The van der Waals surface area contributed by atoms with Gasteiger partial charge < -0.3 is 74.0 Å². The maximum Gasteiger partial charge on any atom is 0.316 e. The summed E-state index contributed by atoms with van der Waals surface area (Å²) in [5, 5.41) is 74.1. The van der Waals surface area contributed by atoms with Crippen molar-refractivity contribution in [1.29, 1.82) is 15.8 Å². The SMILES string of the molecule is C=C(C)C.CC.CC1=C(O)CCn2c1nc1c(-n3ccnc3)cccc12.CCCn1c(CC)nc2c(-n3ccnc3)cccc21.CCc1nc2c(-n3ccnc3)cccc2n1CCC#N.N#CCCNc1cccc(-n2ccnc2)c1N.N#CCCNc1cccc(-n2ccnc2)c1[N+](=O)[O-].Nc1cccc(-n2ccnc2)c1[N+](=O)[O-].Nc1cccc(Cl)c1[N+](=O)[O-]. The summed E-state index contributed by atoms with van der Waals surface area (Å²) in [7, 11) is 0. The van der Waals surface area contributed by atoms with E-state index in [1.807, 2.05) is 133 Å². The van der Waals surface area contributed by atoms with Crippen molar-refractivity contribution in [2.75, 3.05) is 40.9 Å². The van der Waals surface area contributed by atoms with E-state index in [1.165, 1.54) is 41.9 Å². The van der Waals surface area contributed by atoms with Gasteiger partial charge in [-0.05, 0) is 112 Å². The van der Waals surface area contributed by atoms with Gasteiger partial charge in [0.25, 0.3) is 0 Å². The van der Waals surface area contributed by atoms with Gasteiger partial charge in [0, 0.05) is 132 Å². The molecular weight excluding hydrogens is 1630 g/mol.